The molecule has 1 saturated carbocycles. The predicted octanol–water partition coefficient (Wildman–Crippen LogP) is 6.94. The van der Waals surface area contributed by atoms with Crippen molar-refractivity contribution in [2.45, 2.75) is 152 Å². The number of carboxylic acids is 1. The van der Waals surface area contributed by atoms with Crippen molar-refractivity contribution >= 4 is 82.4 Å². The van der Waals surface area contributed by atoms with Gasteiger partial charge in [-0.1, -0.05) is 105 Å². The molecule has 0 bridgehead atoms. The number of rotatable bonds is 42. The molecule has 0 radical (unpaired) electrons. The summed E-state index contributed by atoms with van der Waals surface area (Å²) < 4.78 is 75.2. The van der Waals surface area contributed by atoms with Gasteiger partial charge >= 0.3 is 24.2 Å². The standard InChI is InChI=1S/C92H111N9O28/c1-7-29-125-90(115)99-48-59-46-92(26-27-92)52-100(59)85(110)64-42-72(117-5)74(44-69(64)99)123-30-15-8-16-31-124-75-45-70-65(43-73(75)118-6)84(109)98-47-56-18-10-9-17-55(56)40-71(98)86(111)101(70)91(116)128-49-57-23-24-58(95-82(107)68(97-83(108)77(53(2)3)94-54(4)102)51-126-88-80(106)78(104)79(105)81(129-88)87(112)113)41-67(57)96-76(103)25-32-119-34-36-121-38-39-122-37-35-120-33-28-93-89(114)127-50-66-62-21-13-11-19-60(62)61-20-12-14-22-63(61)66/h7,9-14,17-24,41-45,53,59,66,68,71,77-81,86,88,104-106,111H,1,8,15-16,25-40,46-52H2,2-6H3,(H,93,114)(H,94,102)(H,95,107)(H,96,103)(H,97,108)(H,112,113)/t59-,68-,71-,77-,78-,79-,80+,81-,86-,88+/m0/s1. The number of carboxylic acid groups (broad SMARTS) is 1. The number of benzene rings is 6. The van der Waals surface area contributed by atoms with Gasteiger partial charge in [-0.3, -0.25) is 33.7 Å². The number of nitrogens with one attached hydrogen (secondary N) is 5. The lowest BCUT2D eigenvalue weighted by Crippen LogP contribution is -2.61. The summed E-state index contributed by atoms with van der Waals surface area (Å²) in [7, 11) is 2.85. The van der Waals surface area contributed by atoms with E-state index in [4.69, 9.17) is 61.6 Å². The summed E-state index contributed by atoms with van der Waals surface area (Å²) in [6.07, 6.45) is -8.83. The first-order valence-electron chi connectivity index (χ1n) is 43.1. The lowest BCUT2D eigenvalue weighted by atomic mass is 9.93. The monoisotopic (exact) mass is 1790 g/mol. The van der Waals surface area contributed by atoms with Gasteiger partial charge in [0.05, 0.1) is 128 Å². The number of aliphatic carboxylic acids is 1. The van der Waals surface area contributed by atoms with Gasteiger partial charge in [0.25, 0.3) is 11.8 Å². The fraction of sp³-hybridized carbons (Fsp3) is 0.478. The zero-order chi connectivity index (χ0) is 91.6. The number of anilines is 4. The lowest BCUT2D eigenvalue weighted by molar-refractivity contribution is -0.294. The maximum Gasteiger partial charge on any atom is 0.416 e. The molecule has 692 valence electrons. The molecule has 1 spiro atoms. The minimum absolute atomic E-state index is 0.0288. The molecule has 9 amide bonds. The average Bonchev–Trinajstić information content (AvgIpc) is 1.58. The van der Waals surface area contributed by atoms with E-state index in [2.05, 4.69) is 45.3 Å². The first-order valence-corrected chi connectivity index (χ1v) is 43.1. The van der Waals surface area contributed by atoms with Crippen LogP contribution in [0, 0.1) is 11.3 Å². The Morgan fingerprint density at radius 3 is 1.87 bits per heavy atom. The number of methoxy groups -OCH3 is 2. The second kappa shape index (κ2) is 43.8. The molecule has 0 unspecified atom stereocenters. The van der Waals surface area contributed by atoms with Gasteiger partial charge in [-0.2, -0.15) is 0 Å². The van der Waals surface area contributed by atoms with Crippen LogP contribution in [0.3, 0.4) is 0 Å². The van der Waals surface area contributed by atoms with Crippen LogP contribution in [0.1, 0.15) is 120 Å². The molecule has 6 aromatic rings. The maximum absolute atomic E-state index is 15.3. The van der Waals surface area contributed by atoms with Crippen LogP contribution in [0.2, 0.25) is 0 Å². The molecule has 2 aliphatic carbocycles. The van der Waals surface area contributed by atoms with E-state index in [-0.39, 0.29) is 175 Å². The van der Waals surface area contributed by atoms with E-state index in [1.165, 1.54) is 67.4 Å². The molecular weight excluding hydrogens is 1680 g/mol. The first-order chi connectivity index (χ1) is 62.3. The predicted molar refractivity (Wildman–Crippen MR) is 463 cm³/mol. The number of carbonyl (C=O) groups is 10. The fourth-order valence-corrected chi connectivity index (χ4v) is 16.7. The number of hydrogen-bond donors (Lipinski definition) is 10. The zero-order valence-electron chi connectivity index (χ0n) is 72.5. The molecule has 37 heteroatoms. The van der Waals surface area contributed by atoms with Gasteiger partial charge in [0.15, 0.2) is 41.6 Å². The highest BCUT2D eigenvalue weighted by molar-refractivity contribution is 6.07. The Kier molecular flexibility index (Phi) is 32.1. The van der Waals surface area contributed by atoms with Gasteiger partial charge < -0.3 is 123 Å². The van der Waals surface area contributed by atoms with Crippen LogP contribution in [0.15, 0.2) is 128 Å². The highest BCUT2D eigenvalue weighted by Crippen LogP contribution is 2.56. The third kappa shape index (κ3) is 23.0. The van der Waals surface area contributed by atoms with Crippen molar-refractivity contribution in [1.29, 1.82) is 0 Å². The number of fused-ring (bicyclic) bond motifs is 8. The van der Waals surface area contributed by atoms with Gasteiger partial charge in [-0.05, 0) is 114 Å². The summed E-state index contributed by atoms with van der Waals surface area (Å²) in [6.45, 7) is 9.31. The van der Waals surface area contributed by atoms with Crippen molar-refractivity contribution < 1.29 is 135 Å². The molecule has 5 heterocycles. The quantitative estimate of drug-likeness (QED) is 0.0105. The molecule has 2 saturated heterocycles. The second-order valence-corrected chi connectivity index (χ2v) is 32.8. The molecule has 7 aliphatic rings. The second-order valence-electron chi connectivity index (χ2n) is 32.8. The highest BCUT2D eigenvalue weighted by Gasteiger charge is 2.56. The summed E-state index contributed by atoms with van der Waals surface area (Å²) in [5.74, 6) is -5.43. The SMILES string of the molecule is C=CCOC(=O)N1C[C@@H]2CC3(CC3)CN2C(=O)c2cc(OC)c(OCCCCCOc3cc4c(cc3OC)C(=O)N3Cc5ccccc5C[C@H]3[C@H](O)N4C(=O)OCc3ccc(NC(=O)[C@H](CO[C@@H]4O[C@H](C(=O)O)[C@@H](O)[C@H](O)[C@H]4O)NC(=O)[C@@H](NC(C)=O)C(C)C)cc3NC(=O)CCOCCOCCOCCOCCNC(=O)OCC3c4ccccc4-c4ccccc43)cc21. The Balaban J connectivity index is 0.658. The Morgan fingerprint density at radius 2 is 1.24 bits per heavy atom. The fourth-order valence-electron chi connectivity index (χ4n) is 16.7. The summed E-state index contributed by atoms with van der Waals surface area (Å²) in [5, 5.41) is 67.5. The minimum atomic E-state index is -2.10. The number of carbonyl (C=O) groups excluding carboxylic acids is 9. The van der Waals surface area contributed by atoms with Crippen LogP contribution in [0.25, 0.3) is 11.1 Å². The molecule has 0 aromatic heterocycles. The van der Waals surface area contributed by atoms with Crippen LogP contribution in [0.5, 0.6) is 23.0 Å². The van der Waals surface area contributed by atoms with E-state index in [0.717, 1.165) is 57.5 Å². The number of ether oxygens (including phenoxy) is 13. The Hall–Kier alpha value is -12.0. The molecule has 37 nitrogen and oxygen atoms in total. The first kappa shape index (κ1) is 94.6. The maximum atomic E-state index is 15.3. The van der Waals surface area contributed by atoms with Crippen molar-refractivity contribution in [3.63, 3.8) is 0 Å². The van der Waals surface area contributed by atoms with Crippen LogP contribution < -0.4 is 55.3 Å². The number of nitrogens with zero attached hydrogens (tertiary/aromatic N) is 4. The van der Waals surface area contributed by atoms with Crippen molar-refractivity contribution in [3.05, 3.63) is 167 Å². The lowest BCUT2D eigenvalue weighted by Gasteiger charge is -2.39. The van der Waals surface area contributed by atoms with Crippen LogP contribution >= 0.6 is 0 Å². The number of hydrogen-bond acceptors (Lipinski definition) is 27. The molecule has 6 aromatic carbocycles. The number of unbranched alkanes of at least 4 members (excludes halogenated alkanes) is 2. The summed E-state index contributed by atoms with van der Waals surface area (Å²) in [6, 6.07) is 29.4. The van der Waals surface area contributed by atoms with Crippen molar-refractivity contribution in [2.24, 2.45) is 11.3 Å². The van der Waals surface area contributed by atoms with Gasteiger partial charge in [-0.25, -0.2) is 24.1 Å². The van der Waals surface area contributed by atoms with Crippen LogP contribution in [0.4, 0.5) is 37.1 Å². The summed E-state index contributed by atoms with van der Waals surface area (Å²) >= 11 is 0. The molecule has 10 N–H and O–H groups in total. The molecule has 13 rings (SSSR count). The van der Waals surface area contributed by atoms with Gasteiger partial charge in [0.1, 0.15) is 50.2 Å². The van der Waals surface area contributed by atoms with Gasteiger partial charge in [0, 0.05) is 68.1 Å². The Labute approximate surface area is 744 Å². The van der Waals surface area contributed by atoms with E-state index in [9.17, 15) is 63.9 Å². The third-order valence-corrected chi connectivity index (χ3v) is 23.6. The smallest absolute Gasteiger partial charge is 0.416 e. The third-order valence-electron chi connectivity index (χ3n) is 23.6. The Bertz CT molecular complexity index is 5000. The summed E-state index contributed by atoms with van der Waals surface area (Å²) in [5.41, 5.74) is 6.62. The molecular formula is C92H111N9O28. The zero-order valence-corrected chi connectivity index (χ0v) is 72.5. The van der Waals surface area contributed by atoms with E-state index < -0.39 is 128 Å². The van der Waals surface area contributed by atoms with Gasteiger partial charge in [0.2, 0.25) is 23.6 Å². The Morgan fingerprint density at radius 1 is 0.628 bits per heavy atom. The van der Waals surface area contributed by atoms with Crippen molar-refractivity contribution in [2.75, 3.05) is 140 Å². The average molecular weight is 1790 g/mol. The topological polar surface area (TPSA) is 465 Å². The van der Waals surface area contributed by atoms with Gasteiger partial charge in [-0.15, -0.1) is 0 Å². The summed E-state index contributed by atoms with van der Waals surface area (Å²) in [4.78, 5) is 144. The number of aliphatic hydroxyl groups excluding tert-OH is 4. The largest absolute Gasteiger partial charge is 0.493 e. The number of amides is 9. The van der Waals surface area contributed by atoms with E-state index >= 15 is 9.59 Å². The van der Waals surface area contributed by atoms with Crippen LogP contribution in [-0.2, 0) is 86.2 Å². The highest BCUT2D eigenvalue weighted by atomic mass is 16.7. The van der Waals surface area contributed by atoms with E-state index in [1.807, 2.05) is 65.6 Å². The molecule has 3 fully saturated rings. The number of alkyl carbamates (subject to hydrolysis) is 1. The van der Waals surface area contributed by atoms with Crippen LogP contribution in [-0.4, -0.2) is 276 Å². The van der Waals surface area contributed by atoms with E-state index in [1.54, 1.807) is 26.0 Å². The number of aliphatic hydroxyl groups is 4. The van der Waals surface area contributed by atoms with Crippen molar-refractivity contribution in [1.82, 2.24) is 25.8 Å². The molecule has 129 heavy (non-hydrogen) atoms. The molecule has 10 atom stereocenters. The van der Waals surface area contributed by atoms with E-state index in [0.29, 0.717) is 48.6 Å². The molecule has 5 aliphatic heterocycles. The van der Waals surface area contributed by atoms with Crippen molar-refractivity contribution in [3.8, 4) is 34.1 Å². The normalized spacial score (nSPS) is 20.2. The minimum Gasteiger partial charge on any atom is -0.493 e.